The molecule has 1 saturated heterocycles. The number of aromatic amines is 1. The number of methoxy groups -OCH3 is 1. The Morgan fingerprint density at radius 2 is 1.79 bits per heavy atom. The number of hydrogen-bond donors (Lipinski definition) is 2. The first-order valence-corrected chi connectivity index (χ1v) is 16.9. The van der Waals surface area contributed by atoms with Gasteiger partial charge in [0.15, 0.2) is 32.4 Å². The van der Waals surface area contributed by atoms with Crippen LogP contribution in [-0.2, 0) is 15.6 Å². The van der Waals surface area contributed by atoms with Gasteiger partial charge in [-0.15, -0.1) is 0 Å². The molecule has 12 heteroatoms. The molecule has 2 N–H and O–H groups in total. The van der Waals surface area contributed by atoms with Crippen LogP contribution in [0, 0.1) is 12.8 Å². The van der Waals surface area contributed by atoms with Crippen LogP contribution in [0.15, 0.2) is 75.6 Å². The molecule has 0 bridgehead atoms. The number of nitrogens with zero attached hydrogens (tertiary/aromatic N) is 5. The highest BCUT2D eigenvalue weighted by Gasteiger charge is 2.26. The van der Waals surface area contributed by atoms with Crippen molar-refractivity contribution in [1.82, 2.24) is 25.1 Å². The molecule has 0 aliphatic carbocycles. The molecule has 0 unspecified atom stereocenters. The summed E-state index contributed by atoms with van der Waals surface area (Å²) in [7, 11) is 2.40. The molecule has 5 rings (SSSR count). The first kappa shape index (κ1) is 30.8. The summed E-state index contributed by atoms with van der Waals surface area (Å²) >= 11 is 1.38. The first-order chi connectivity index (χ1) is 20.7. The predicted octanol–water partition coefficient (Wildman–Crippen LogP) is 5.55. The van der Waals surface area contributed by atoms with Gasteiger partial charge >= 0.3 is 0 Å². The summed E-state index contributed by atoms with van der Waals surface area (Å²) in [6.07, 6.45) is 3.36. The third kappa shape index (κ3) is 8.07. The zero-order valence-electron chi connectivity index (χ0n) is 25.1. The molecule has 2 aromatic carbocycles. The van der Waals surface area contributed by atoms with Gasteiger partial charge in [0.25, 0.3) is 0 Å². The Balaban J connectivity index is 1.39. The molecule has 10 nitrogen and oxygen atoms in total. The van der Waals surface area contributed by atoms with Crippen molar-refractivity contribution in [1.29, 1.82) is 0 Å². The largest absolute Gasteiger partial charge is 0.490 e. The summed E-state index contributed by atoms with van der Waals surface area (Å²) in [5.41, 5.74) is 1.68. The normalized spacial score (nSPS) is 14.3. The van der Waals surface area contributed by atoms with E-state index in [1.807, 2.05) is 43.3 Å². The van der Waals surface area contributed by atoms with E-state index in [9.17, 15) is 8.42 Å². The van der Waals surface area contributed by atoms with Crippen molar-refractivity contribution in [3.8, 4) is 5.75 Å². The van der Waals surface area contributed by atoms with Crippen LogP contribution in [-0.4, -0.2) is 74.3 Å². The van der Waals surface area contributed by atoms with Gasteiger partial charge in [-0.1, -0.05) is 30.3 Å². The molecule has 0 saturated carbocycles. The first-order valence-electron chi connectivity index (χ1n) is 14.4. The Bertz CT molecular complexity index is 1600. The molecule has 0 atom stereocenters. The third-order valence-corrected chi connectivity index (χ3v) is 10.1. The summed E-state index contributed by atoms with van der Waals surface area (Å²) in [6, 6.07) is 18.0. The number of sulfone groups is 1. The molecule has 4 aromatic rings. The van der Waals surface area contributed by atoms with E-state index in [0.29, 0.717) is 28.5 Å². The van der Waals surface area contributed by atoms with E-state index in [4.69, 9.17) is 14.7 Å². The number of rotatable bonds is 12. The van der Waals surface area contributed by atoms with Crippen LogP contribution in [0.25, 0.3) is 0 Å². The third-order valence-electron chi connectivity index (χ3n) is 7.47. The Morgan fingerprint density at radius 1 is 1.07 bits per heavy atom. The standard InChI is InChI=1S/C31H39N7O3S2/c1-22-20-27(36-35-22)32-29-28(41-4)30(38-18-15-23(16-19-38)14-17-37(2)3)34-31(33-29)42-25-10-12-26(13-11-25)43(39,40)21-24-8-6-5-7-9-24/h5-13,20,23H,14-19,21H2,1-4H3,(H2,32,33,34,35,36). The van der Waals surface area contributed by atoms with Gasteiger partial charge in [-0.05, 0) is 94.3 Å². The molecule has 228 valence electrons. The van der Waals surface area contributed by atoms with Crippen LogP contribution in [0.5, 0.6) is 5.75 Å². The predicted molar refractivity (Wildman–Crippen MR) is 171 cm³/mol. The topological polar surface area (TPSA) is 116 Å². The van der Waals surface area contributed by atoms with Gasteiger partial charge in [0.1, 0.15) is 0 Å². The average molecular weight is 622 g/mol. The number of ether oxygens (including phenoxy) is 1. The van der Waals surface area contributed by atoms with Crippen molar-refractivity contribution in [2.75, 3.05) is 51.1 Å². The zero-order valence-corrected chi connectivity index (χ0v) is 26.7. The monoisotopic (exact) mass is 621 g/mol. The van der Waals surface area contributed by atoms with Gasteiger partial charge in [0.2, 0.25) is 5.75 Å². The maximum Gasteiger partial charge on any atom is 0.204 e. The number of aryl methyl sites for hydroxylation is 1. The fraction of sp³-hybridized carbons (Fsp3) is 0.387. The van der Waals surface area contributed by atoms with E-state index < -0.39 is 9.84 Å². The number of anilines is 3. The Kier molecular flexibility index (Phi) is 9.89. The van der Waals surface area contributed by atoms with E-state index in [1.54, 1.807) is 31.4 Å². The quantitative estimate of drug-likeness (QED) is 0.195. The molecule has 1 aliphatic heterocycles. The molecular formula is C31H39N7O3S2. The smallest absolute Gasteiger partial charge is 0.204 e. The second-order valence-electron chi connectivity index (χ2n) is 11.1. The highest BCUT2D eigenvalue weighted by Crippen LogP contribution is 2.39. The van der Waals surface area contributed by atoms with Crippen LogP contribution < -0.4 is 15.0 Å². The van der Waals surface area contributed by atoms with E-state index in [-0.39, 0.29) is 10.6 Å². The number of H-pyrrole nitrogens is 1. The lowest BCUT2D eigenvalue weighted by Gasteiger charge is -2.34. The Hall–Kier alpha value is -3.61. The van der Waals surface area contributed by atoms with Gasteiger partial charge in [-0.25, -0.2) is 18.4 Å². The molecule has 2 aromatic heterocycles. The molecule has 1 fully saturated rings. The summed E-state index contributed by atoms with van der Waals surface area (Å²) in [5.74, 6) is 3.10. The van der Waals surface area contributed by atoms with Crippen molar-refractivity contribution in [2.45, 2.75) is 46.9 Å². The fourth-order valence-corrected chi connectivity index (χ4v) is 7.23. The summed E-state index contributed by atoms with van der Waals surface area (Å²) in [6.45, 7) is 4.78. The van der Waals surface area contributed by atoms with Crippen molar-refractivity contribution >= 4 is 39.1 Å². The number of hydrogen-bond acceptors (Lipinski definition) is 10. The maximum absolute atomic E-state index is 13.0. The van der Waals surface area contributed by atoms with Gasteiger partial charge in [-0.2, -0.15) is 5.10 Å². The Morgan fingerprint density at radius 3 is 2.42 bits per heavy atom. The number of benzene rings is 2. The summed E-state index contributed by atoms with van der Waals surface area (Å²) in [5, 5.41) is 11.1. The lowest BCUT2D eigenvalue weighted by atomic mass is 9.93. The maximum atomic E-state index is 13.0. The van der Waals surface area contributed by atoms with E-state index in [1.165, 1.54) is 18.2 Å². The SMILES string of the molecule is COc1c(Nc2cc(C)[nH]n2)nc(Sc2ccc(S(=O)(=O)Cc3ccccc3)cc2)nc1N1CCC(CCN(C)C)CC1. The molecule has 0 amide bonds. The lowest BCUT2D eigenvalue weighted by Crippen LogP contribution is -2.35. The van der Waals surface area contributed by atoms with Crippen molar-refractivity contribution in [2.24, 2.45) is 5.92 Å². The van der Waals surface area contributed by atoms with Crippen molar-refractivity contribution < 1.29 is 13.2 Å². The molecule has 0 radical (unpaired) electrons. The van der Waals surface area contributed by atoms with Crippen molar-refractivity contribution in [3.63, 3.8) is 0 Å². The molecule has 43 heavy (non-hydrogen) atoms. The summed E-state index contributed by atoms with van der Waals surface area (Å²) in [4.78, 5) is 15.4. The number of nitrogens with one attached hydrogen (secondary N) is 2. The van der Waals surface area contributed by atoms with E-state index in [2.05, 4.69) is 39.4 Å². The highest BCUT2D eigenvalue weighted by molar-refractivity contribution is 7.99. The van der Waals surface area contributed by atoms with E-state index in [0.717, 1.165) is 54.4 Å². The molecule has 0 spiro atoms. The van der Waals surface area contributed by atoms with Gasteiger partial charge < -0.3 is 19.9 Å². The second-order valence-corrected chi connectivity index (χ2v) is 14.1. The number of piperidine rings is 1. The lowest BCUT2D eigenvalue weighted by molar-refractivity contribution is 0.311. The Labute approximate surface area is 258 Å². The minimum absolute atomic E-state index is 0.0428. The van der Waals surface area contributed by atoms with Crippen molar-refractivity contribution in [3.05, 3.63) is 71.9 Å². The minimum atomic E-state index is -3.47. The van der Waals surface area contributed by atoms with Crippen LogP contribution >= 0.6 is 11.8 Å². The molecular weight excluding hydrogens is 583 g/mol. The van der Waals surface area contributed by atoms with Crippen LogP contribution in [0.4, 0.5) is 17.5 Å². The van der Waals surface area contributed by atoms with Crippen LogP contribution in [0.1, 0.15) is 30.5 Å². The second kappa shape index (κ2) is 13.8. The molecule has 3 heterocycles. The fourth-order valence-electron chi connectivity index (χ4n) is 5.13. The zero-order chi connectivity index (χ0) is 30.4. The van der Waals surface area contributed by atoms with Gasteiger partial charge in [0.05, 0.1) is 17.8 Å². The average Bonchev–Trinajstić information content (AvgIpc) is 3.41. The van der Waals surface area contributed by atoms with E-state index >= 15 is 0 Å². The van der Waals surface area contributed by atoms with Gasteiger partial charge in [-0.3, -0.25) is 5.10 Å². The van der Waals surface area contributed by atoms with Gasteiger partial charge in [0, 0.05) is 29.7 Å². The minimum Gasteiger partial charge on any atom is -0.490 e. The van der Waals surface area contributed by atoms with Crippen LogP contribution in [0.2, 0.25) is 0 Å². The number of aromatic nitrogens is 4. The molecule has 1 aliphatic rings. The summed E-state index contributed by atoms with van der Waals surface area (Å²) < 4.78 is 31.9. The highest BCUT2D eigenvalue weighted by atomic mass is 32.2. The van der Waals surface area contributed by atoms with Crippen LogP contribution in [0.3, 0.4) is 0 Å².